The van der Waals surface area contributed by atoms with Crippen molar-refractivity contribution in [3.63, 3.8) is 0 Å². The maximum Gasteiger partial charge on any atom is 0.127 e. The van der Waals surface area contributed by atoms with Crippen LogP contribution in [-0.4, -0.2) is 73.1 Å². The minimum absolute atomic E-state index is 0.0188. The lowest BCUT2D eigenvalue weighted by molar-refractivity contribution is 0.138. The molecule has 9 heteroatoms. The largest absolute Gasteiger partial charge is 0.316 e. The van der Waals surface area contributed by atoms with E-state index in [1.807, 2.05) is 0 Å². The van der Waals surface area contributed by atoms with E-state index in [0.717, 1.165) is 35.0 Å². The lowest BCUT2D eigenvalue weighted by Gasteiger charge is -2.56. The molecule has 760 valence electrons. The molecular weight excluding hydrogens is 1800 g/mol. The van der Waals surface area contributed by atoms with E-state index in [0.29, 0.717) is 64.8 Å². The molecule has 10 aromatic rings. The van der Waals surface area contributed by atoms with Crippen molar-refractivity contribution in [2.24, 2.45) is 59.2 Å². The molecule has 0 heterocycles. The summed E-state index contributed by atoms with van der Waals surface area (Å²) >= 11 is 0. The third-order valence-electron chi connectivity index (χ3n) is 38.7. The molecule has 12 aliphatic carbocycles. The Morgan fingerprint density at radius 1 is 0.262 bits per heavy atom. The monoisotopic (exact) mass is 1980 g/mol. The lowest BCUT2D eigenvalue weighted by atomic mass is 9.73. The van der Waals surface area contributed by atoms with Crippen LogP contribution in [0.3, 0.4) is 0 Å². The number of allylic oxidation sites excluding steroid dienone is 12. The van der Waals surface area contributed by atoms with Crippen LogP contribution in [0.1, 0.15) is 279 Å². The molecule has 6 fully saturated rings. The van der Waals surface area contributed by atoms with Crippen molar-refractivity contribution in [3.8, 4) is 0 Å². The number of anilines is 9. The molecule has 6 saturated carbocycles. The van der Waals surface area contributed by atoms with Gasteiger partial charge < -0.3 is 28.4 Å². The number of fused-ring (bicyclic) bond motifs is 12. The second kappa shape index (κ2) is 39.8. The summed E-state index contributed by atoms with van der Waals surface area (Å²) in [6, 6.07) is 101. The summed E-state index contributed by atoms with van der Waals surface area (Å²) in [6.07, 6.45) is 39.0. The molecule has 14 atom stereocenters. The first-order chi connectivity index (χ1) is 69.1. The molecule has 145 heavy (non-hydrogen) atoms. The van der Waals surface area contributed by atoms with E-state index in [4.69, 9.17) is 0 Å². The fourth-order valence-corrected chi connectivity index (χ4v) is 52.2. The first kappa shape index (κ1) is 103. The zero-order valence-corrected chi connectivity index (χ0v) is 96.2. The van der Waals surface area contributed by atoms with E-state index < -0.39 is 24.7 Å². The topological polar surface area (TPSA) is 19.4 Å². The lowest BCUT2D eigenvalue weighted by Crippen LogP contribution is -2.65. The average molecular weight is 1980 g/mol. The second-order valence-electron chi connectivity index (χ2n) is 52.9. The van der Waals surface area contributed by atoms with Crippen molar-refractivity contribution in [1.82, 2.24) is 13.7 Å². The fraction of sp³-hybridized carbons (Fsp3) is 0.471. The molecule has 0 aromatic heterocycles. The van der Waals surface area contributed by atoms with Crippen molar-refractivity contribution >= 4 is 92.6 Å². The Balaban J connectivity index is 0.000000133. The third-order valence-corrected chi connectivity index (χ3v) is 53.2. The minimum atomic E-state index is -1.99. The molecule has 12 aliphatic rings. The predicted octanol–water partition coefficient (Wildman–Crippen LogP) is 37.8. The molecule has 6 nitrogen and oxygen atoms in total. The normalized spacial score (nSPS) is 26.2. The van der Waals surface area contributed by atoms with Crippen molar-refractivity contribution in [3.05, 3.63) is 359 Å². The Morgan fingerprint density at radius 3 is 0.841 bits per heavy atom. The van der Waals surface area contributed by atoms with Gasteiger partial charge in [0.1, 0.15) is 24.7 Å². The molecule has 0 radical (unpaired) electrons. The Hall–Kier alpha value is -9.43. The quantitative estimate of drug-likeness (QED) is 0.0746. The van der Waals surface area contributed by atoms with Gasteiger partial charge in [0, 0.05) is 102 Å². The summed E-state index contributed by atoms with van der Waals surface area (Å²) in [5.41, 5.74) is 32.9. The number of hydrogen-bond donors (Lipinski definition) is 0. The average Bonchev–Trinajstić information content (AvgIpc) is 1.53. The van der Waals surface area contributed by atoms with Crippen molar-refractivity contribution in [2.45, 2.75) is 347 Å². The minimum Gasteiger partial charge on any atom is -0.316 e. The number of benzene rings is 10. The van der Waals surface area contributed by atoms with E-state index in [1.54, 1.807) is 16.7 Å². The maximum atomic E-state index is 3.14. The summed E-state index contributed by atoms with van der Waals surface area (Å²) in [5, 5.41) is 0. The van der Waals surface area contributed by atoms with E-state index in [2.05, 4.69) is 503 Å². The van der Waals surface area contributed by atoms with Gasteiger partial charge in [0.15, 0.2) is 0 Å². The van der Waals surface area contributed by atoms with Crippen LogP contribution >= 0.6 is 0 Å². The van der Waals surface area contributed by atoms with E-state index in [9.17, 15) is 0 Å². The summed E-state index contributed by atoms with van der Waals surface area (Å²) in [4.78, 5) is 7.24. The summed E-state index contributed by atoms with van der Waals surface area (Å²) in [5.74, 6) is 6.84. The van der Waals surface area contributed by atoms with E-state index >= 15 is 0 Å². The number of para-hydroxylation sites is 6. The van der Waals surface area contributed by atoms with Crippen molar-refractivity contribution in [2.75, 3.05) is 14.7 Å². The Bertz CT molecular complexity index is 6340. The van der Waals surface area contributed by atoms with Gasteiger partial charge in [-0.15, -0.1) is 0 Å². The Kier molecular flexibility index (Phi) is 28.2. The van der Waals surface area contributed by atoms with Gasteiger partial charge in [0.05, 0.1) is 0 Å². The molecule has 0 aliphatic heterocycles. The van der Waals surface area contributed by atoms with Gasteiger partial charge in [-0.25, -0.2) is 0 Å². The van der Waals surface area contributed by atoms with Crippen LogP contribution in [0.5, 0.6) is 0 Å². The first-order valence-electron chi connectivity index (χ1n) is 57.0. The second-order valence-corrected chi connectivity index (χ2v) is 66.2. The molecule has 14 unspecified atom stereocenters. The summed E-state index contributed by atoms with van der Waals surface area (Å²) < 4.78 is 9.40. The SMILES string of the molecule is CC1C(C)C([Si](C)(C)N(C2CCCCC2)C(C)(C)C)C2C=C3C(=CC12)C(C)(C)c1cc(N(c2ccccc2)c2ccccc2)ccc13.CC1C(c2ccccc2)C2C=C3C(=CC2C1[Si](C)(C)N(C1CCCCC1)C(C)(C)C)c1ccc(N(c2ccccc2)c2ccccc2)cc1C3(C)C.CC1CC2C=C3C(=CC2C1[Si](C)(C)N(C1CCCCC1)C(C)(C)C)c1ccc(N(c2ccccc2)c2ccccc2)cc1C3(C)C. The van der Waals surface area contributed by atoms with Crippen LogP contribution in [0.4, 0.5) is 51.2 Å². The van der Waals surface area contributed by atoms with E-state index in [-0.39, 0.29) is 32.9 Å². The molecule has 0 saturated heterocycles. The highest BCUT2D eigenvalue weighted by Crippen LogP contribution is 2.69. The molecule has 0 N–H and O–H groups in total. The van der Waals surface area contributed by atoms with E-state index in [1.165, 1.54) is 210 Å². The number of nitrogens with zero attached hydrogens (tertiary/aromatic N) is 6. The van der Waals surface area contributed by atoms with Crippen LogP contribution < -0.4 is 14.7 Å². The van der Waals surface area contributed by atoms with Crippen molar-refractivity contribution in [1.29, 1.82) is 0 Å². The van der Waals surface area contributed by atoms with Gasteiger partial charge in [-0.2, -0.15) is 0 Å². The van der Waals surface area contributed by atoms with Gasteiger partial charge in [0.2, 0.25) is 0 Å². The molecule has 22 rings (SSSR count). The van der Waals surface area contributed by atoms with Gasteiger partial charge in [-0.3, -0.25) is 0 Å². The number of hydrogen-bond acceptors (Lipinski definition) is 6. The third kappa shape index (κ3) is 18.7. The van der Waals surface area contributed by atoms with Crippen LogP contribution in [0.2, 0.25) is 55.9 Å². The maximum absolute atomic E-state index is 3.14. The molecule has 10 aromatic carbocycles. The van der Waals surface area contributed by atoms with Crippen LogP contribution in [0.15, 0.2) is 320 Å². The summed E-state index contributed by atoms with van der Waals surface area (Å²) in [7, 11) is -5.65. The zero-order valence-electron chi connectivity index (χ0n) is 93.2. The molecular formula is C136H174N6Si3. The van der Waals surface area contributed by atoms with Crippen LogP contribution in [0.25, 0.3) is 16.7 Å². The highest BCUT2D eigenvalue weighted by atomic mass is 28.3. The number of rotatable bonds is 19. The molecule has 0 bridgehead atoms. The Labute approximate surface area is 879 Å². The zero-order chi connectivity index (χ0) is 102. The fourth-order valence-electron chi connectivity index (χ4n) is 34.0. The van der Waals surface area contributed by atoms with Gasteiger partial charge >= 0.3 is 0 Å². The van der Waals surface area contributed by atoms with Crippen LogP contribution in [0, 0.1) is 59.2 Å². The molecule has 0 amide bonds. The smallest absolute Gasteiger partial charge is 0.127 e. The van der Waals surface area contributed by atoms with Crippen molar-refractivity contribution < 1.29 is 0 Å². The van der Waals surface area contributed by atoms with Crippen LogP contribution in [-0.2, 0) is 16.2 Å². The van der Waals surface area contributed by atoms with Gasteiger partial charge in [0.25, 0.3) is 0 Å². The first-order valence-corrected chi connectivity index (χ1v) is 66.1. The summed E-state index contributed by atoms with van der Waals surface area (Å²) in [6.45, 7) is 64.4. The predicted molar refractivity (Wildman–Crippen MR) is 631 cm³/mol. The Morgan fingerprint density at radius 2 is 0.531 bits per heavy atom. The van der Waals surface area contributed by atoms with Gasteiger partial charge in [-0.1, -0.05) is 360 Å². The van der Waals surface area contributed by atoms with Gasteiger partial charge in [-0.05, 0) is 371 Å². The molecule has 0 spiro atoms. The highest BCUT2D eigenvalue weighted by molar-refractivity contribution is 6.77. The highest BCUT2D eigenvalue weighted by Gasteiger charge is 2.63. The standard InChI is InChI=1S/C49H60N2Si.C44H58N2Si.C43H56N2Si/c1-34-46(35-21-13-9-14-22-35)42-33-45-41(32-43(42)47(34)52(7,8)51(48(2,3)4)38-27-19-12-20-28-38)40-30-29-39(31-44(40)49(45,5)6)50(36-23-15-10-16-24-36)37-25-17-11-18-26-37;1-30-31(2)42(47(8,9)46(43(3,4)5)34-23-17-12-18-24-34)39-28-38-36-26-25-35(27-40(36)44(6,7)41(38)29-37(30)39)45(32-19-13-10-14-20-32)33-21-15-11-16-22-33;1-30-26-31-27-39-38(29-37(31)41(30)46(7,8)45(42(2,3)4)34-22-16-11-17-23-34)36-25-24-35(28-40(36)43(39,5)6)44(32-18-12-9-13-19-32)33-20-14-10-15-21-33/h9-11,13-18,21-26,29-34,38,42-43,46-47H,12,19-20,27-28H2,1-8H3;10-11,13-16,19-22,25-31,34,37,39,42H,12,17-18,23-24H2,1-9H3;9-10,12-15,18-21,24-25,27-31,34,37,41H,11,16-17,22-23,26H2,1-8H3.